The van der Waals surface area contributed by atoms with E-state index in [1.165, 1.54) is 13.2 Å². The molecule has 1 aliphatic rings. The van der Waals surface area contributed by atoms with Crippen LogP contribution in [0.25, 0.3) is 0 Å². The molecule has 1 fully saturated rings. The van der Waals surface area contributed by atoms with E-state index in [1.54, 1.807) is 49.4 Å². The van der Waals surface area contributed by atoms with Crippen LogP contribution in [0.15, 0.2) is 53.4 Å². The van der Waals surface area contributed by atoms with Gasteiger partial charge in [-0.2, -0.15) is 4.31 Å². The van der Waals surface area contributed by atoms with Crippen molar-refractivity contribution in [1.82, 2.24) is 4.31 Å². The Labute approximate surface area is 165 Å². The lowest BCUT2D eigenvalue weighted by Gasteiger charge is -2.30. The van der Waals surface area contributed by atoms with Crippen LogP contribution < -0.4 is 4.74 Å². The fourth-order valence-corrected chi connectivity index (χ4v) is 7.12. The zero-order valence-electron chi connectivity index (χ0n) is 15.6. The van der Waals surface area contributed by atoms with Gasteiger partial charge in [0.1, 0.15) is 10.6 Å². The van der Waals surface area contributed by atoms with Gasteiger partial charge in [0.2, 0.25) is 10.0 Å². The fraction of sp³-hybridized carbons (Fsp3) is 0.368. The van der Waals surface area contributed by atoms with Crippen LogP contribution in [-0.2, 0) is 26.4 Å². The second kappa shape index (κ2) is 7.82. The molecule has 1 aliphatic heterocycles. The fourth-order valence-electron chi connectivity index (χ4n) is 3.34. The van der Waals surface area contributed by atoms with Crippen LogP contribution in [0.3, 0.4) is 0 Å². The Balaban J connectivity index is 2.12. The second-order valence-electron chi connectivity index (χ2n) is 6.90. The van der Waals surface area contributed by atoms with Gasteiger partial charge in [-0.25, -0.2) is 16.8 Å². The van der Waals surface area contributed by atoms with Gasteiger partial charge in [0, 0.05) is 6.54 Å². The highest BCUT2D eigenvalue weighted by molar-refractivity contribution is 7.92. The molecule has 2 aromatic rings. The molecule has 0 radical (unpaired) electrons. The predicted molar refractivity (Wildman–Crippen MR) is 105 cm³/mol. The molecule has 0 unspecified atom stereocenters. The Hall–Kier alpha value is -1.94. The van der Waals surface area contributed by atoms with Crippen molar-refractivity contribution in [1.29, 1.82) is 0 Å². The Morgan fingerprint density at radius 2 is 1.82 bits per heavy atom. The summed E-state index contributed by atoms with van der Waals surface area (Å²) in [4.78, 5) is -0.0533. The lowest BCUT2D eigenvalue weighted by Crippen LogP contribution is -2.46. The minimum atomic E-state index is -4.15. The van der Waals surface area contributed by atoms with Gasteiger partial charge in [-0.1, -0.05) is 36.4 Å². The van der Waals surface area contributed by atoms with Crippen LogP contribution >= 0.6 is 0 Å². The largest absolute Gasteiger partial charge is 0.495 e. The molecule has 0 aliphatic carbocycles. The predicted octanol–water partition coefficient (Wildman–Crippen LogP) is 1.35. The first kappa shape index (κ1) is 20.8. The molecule has 0 aromatic heterocycles. The van der Waals surface area contributed by atoms with E-state index in [9.17, 15) is 21.9 Å². The van der Waals surface area contributed by atoms with Gasteiger partial charge in [0.25, 0.3) is 0 Å². The van der Waals surface area contributed by atoms with Gasteiger partial charge in [0.15, 0.2) is 9.84 Å². The summed E-state index contributed by atoms with van der Waals surface area (Å²) in [6.45, 7) is 1.70. The van der Waals surface area contributed by atoms with Crippen LogP contribution in [-0.4, -0.2) is 57.0 Å². The maximum absolute atomic E-state index is 13.6. The molecule has 9 heteroatoms. The Morgan fingerprint density at radius 3 is 2.39 bits per heavy atom. The third kappa shape index (κ3) is 4.22. The van der Waals surface area contributed by atoms with Crippen molar-refractivity contribution in [3.8, 4) is 5.75 Å². The maximum Gasteiger partial charge on any atom is 0.247 e. The standard InChI is InChI=1S/C19H23NO6S2/c1-14-8-9-18(26-2)19(10-14)28(24,25)20(11-15-6-4-3-5-7-15)16-12-27(22,23)13-17(16)21/h3-10,16-17,21H,11-13H2,1-2H3/t16-,17-/m1/s1. The van der Waals surface area contributed by atoms with Crippen molar-refractivity contribution in [3.05, 3.63) is 59.7 Å². The number of aliphatic hydroxyl groups excluding tert-OH is 1. The molecule has 28 heavy (non-hydrogen) atoms. The molecule has 1 saturated heterocycles. The summed E-state index contributed by atoms with van der Waals surface area (Å²) < 4.78 is 57.5. The van der Waals surface area contributed by atoms with Crippen molar-refractivity contribution in [2.24, 2.45) is 0 Å². The molecule has 3 rings (SSSR count). The lowest BCUT2D eigenvalue weighted by atomic mass is 10.2. The molecular formula is C19H23NO6S2. The zero-order chi connectivity index (χ0) is 20.5. The monoisotopic (exact) mass is 425 g/mol. The van der Waals surface area contributed by atoms with Gasteiger partial charge in [-0.05, 0) is 30.2 Å². The number of sulfone groups is 1. The number of hydrogen-bond donors (Lipinski definition) is 1. The number of rotatable bonds is 6. The van der Waals surface area contributed by atoms with Gasteiger partial charge >= 0.3 is 0 Å². The number of aliphatic hydroxyl groups is 1. The number of sulfonamides is 1. The summed E-state index contributed by atoms with van der Waals surface area (Å²) >= 11 is 0. The molecule has 2 aromatic carbocycles. The lowest BCUT2D eigenvalue weighted by molar-refractivity contribution is 0.125. The quantitative estimate of drug-likeness (QED) is 0.750. The smallest absolute Gasteiger partial charge is 0.247 e. The molecule has 152 valence electrons. The van der Waals surface area contributed by atoms with E-state index in [1.807, 2.05) is 0 Å². The minimum Gasteiger partial charge on any atom is -0.495 e. The summed E-state index contributed by atoms with van der Waals surface area (Å²) in [6.07, 6.45) is -1.29. The topological polar surface area (TPSA) is 101 Å². The van der Waals surface area contributed by atoms with Crippen LogP contribution in [0.2, 0.25) is 0 Å². The summed E-state index contributed by atoms with van der Waals surface area (Å²) in [7, 11) is -6.31. The summed E-state index contributed by atoms with van der Waals surface area (Å²) in [5, 5.41) is 10.3. The van der Waals surface area contributed by atoms with E-state index in [2.05, 4.69) is 0 Å². The Morgan fingerprint density at radius 1 is 1.14 bits per heavy atom. The van der Waals surface area contributed by atoms with Gasteiger partial charge in [-0.3, -0.25) is 0 Å². The van der Waals surface area contributed by atoms with Crippen molar-refractivity contribution < 1.29 is 26.7 Å². The molecule has 2 atom stereocenters. The van der Waals surface area contributed by atoms with E-state index in [0.29, 0.717) is 5.56 Å². The number of benzene rings is 2. The summed E-state index contributed by atoms with van der Waals surface area (Å²) in [5.74, 6) is -0.711. The number of nitrogens with zero attached hydrogens (tertiary/aromatic N) is 1. The first-order valence-electron chi connectivity index (χ1n) is 8.73. The van der Waals surface area contributed by atoms with Gasteiger partial charge < -0.3 is 9.84 Å². The molecule has 0 spiro atoms. The SMILES string of the molecule is COc1ccc(C)cc1S(=O)(=O)N(Cc1ccccc1)[C@@H]1CS(=O)(=O)C[C@H]1O. The number of methoxy groups -OCH3 is 1. The average Bonchev–Trinajstić information content (AvgIpc) is 2.92. The Kier molecular flexibility index (Phi) is 5.81. The second-order valence-corrected chi connectivity index (χ2v) is 10.9. The molecule has 7 nitrogen and oxygen atoms in total. The normalized spacial score (nSPS) is 21.7. The van der Waals surface area contributed by atoms with Crippen LogP contribution in [0, 0.1) is 6.92 Å². The van der Waals surface area contributed by atoms with Crippen molar-refractivity contribution in [2.75, 3.05) is 18.6 Å². The van der Waals surface area contributed by atoms with Crippen molar-refractivity contribution >= 4 is 19.9 Å². The van der Waals surface area contributed by atoms with E-state index < -0.39 is 43.5 Å². The number of ether oxygens (including phenoxy) is 1. The highest BCUT2D eigenvalue weighted by atomic mass is 32.2. The molecule has 0 amide bonds. The maximum atomic E-state index is 13.6. The highest BCUT2D eigenvalue weighted by Gasteiger charge is 2.45. The molecule has 1 heterocycles. The van der Waals surface area contributed by atoms with E-state index in [4.69, 9.17) is 4.74 Å². The van der Waals surface area contributed by atoms with Gasteiger partial charge in [0.05, 0.1) is 30.8 Å². The van der Waals surface area contributed by atoms with Crippen molar-refractivity contribution in [2.45, 2.75) is 30.5 Å². The van der Waals surface area contributed by atoms with E-state index in [-0.39, 0.29) is 17.2 Å². The molecule has 0 bridgehead atoms. The van der Waals surface area contributed by atoms with Crippen LogP contribution in [0.1, 0.15) is 11.1 Å². The van der Waals surface area contributed by atoms with Crippen LogP contribution in [0.4, 0.5) is 0 Å². The first-order valence-corrected chi connectivity index (χ1v) is 12.0. The first-order chi connectivity index (χ1) is 13.1. The zero-order valence-corrected chi connectivity index (χ0v) is 17.3. The summed E-state index contributed by atoms with van der Waals surface area (Å²) in [6, 6.07) is 12.6. The average molecular weight is 426 g/mol. The Bertz CT molecular complexity index is 1050. The summed E-state index contributed by atoms with van der Waals surface area (Å²) in [5.41, 5.74) is 1.41. The highest BCUT2D eigenvalue weighted by Crippen LogP contribution is 2.32. The molecule has 0 saturated carbocycles. The van der Waals surface area contributed by atoms with Crippen LogP contribution in [0.5, 0.6) is 5.75 Å². The minimum absolute atomic E-state index is 0.0533. The van der Waals surface area contributed by atoms with Gasteiger partial charge in [-0.15, -0.1) is 0 Å². The van der Waals surface area contributed by atoms with Crippen molar-refractivity contribution in [3.63, 3.8) is 0 Å². The molecule has 1 N–H and O–H groups in total. The van der Waals surface area contributed by atoms with E-state index >= 15 is 0 Å². The molecular weight excluding hydrogens is 402 g/mol. The third-order valence-corrected chi connectivity index (χ3v) is 8.34. The third-order valence-electron chi connectivity index (χ3n) is 4.75. The van der Waals surface area contributed by atoms with E-state index in [0.717, 1.165) is 9.87 Å². The number of hydrogen-bond acceptors (Lipinski definition) is 6. The number of aryl methyl sites for hydroxylation is 1.